The van der Waals surface area contributed by atoms with Gasteiger partial charge in [-0.2, -0.15) is 0 Å². The van der Waals surface area contributed by atoms with Crippen molar-refractivity contribution in [3.8, 4) is 0 Å². The van der Waals surface area contributed by atoms with Gasteiger partial charge in [-0.05, 0) is 49.7 Å². The van der Waals surface area contributed by atoms with Gasteiger partial charge in [0.2, 0.25) is 0 Å². The minimum absolute atomic E-state index is 0.180. The van der Waals surface area contributed by atoms with Crippen molar-refractivity contribution in [1.29, 1.82) is 0 Å². The monoisotopic (exact) mass is 264 g/mol. The van der Waals surface area contributed by atoms with Crippen molar-refractivity contribution in [3.63, 3.8) is 0 Å². The summed E-state index contributed by atoms with van der Waals surface area (Å²) in [5.41, 5.74) is 0.701. The van der Waals surface area contributed by atoms with Crippen LogP contribution in [0, 0.1) is 17.8 Å². The van der Waals surface area contributed by atoms with Crippen LogP contribution in [-0.2, 0) is 0 Å². The van der Waals surface area contributed by atoms with Gasteiger partial charge >= 0.3 is 0 Å². The fourth-order valence-corrected chi connectivity index (χ4v) is 3.16. The van der Waals surface area contributed by atoms with Gasteiger partial charge in [0.25, 0.3) is 0 Å². The molecule has 1 nitrogen and oxygen atoms in total. The molecule has 18 heavy (non-hydrogen) atoms. The number of halogens is 1. The van der Waals surface area contributed by atoms with E-state index >= 15 is 0 Å². The van der Waals surface area contributed by atoms with E-state index in [4.69, 9.17) is 11.6 Å². The summed E-state index contributed by atoms with van der Waals surface area (Å²) in [7, 11) is 0. The Morgan fingerprint density at radius 3 is 2.33 bits per heavy atom. The Kier molecular flexibility index (Phi) is 4.45. The summed E-state index contributed by atoms with van der Waals surface area (Å²) >= 11 is 6.10. The van der Waals surface area contributed by atoms with Gasteiger partial charge in [-0.3, -0.25) is 4.79 Å². The van der Waals surface area contributed by atoms with Crippen LogP contribution >= 0.6 is 11.6 Å². The largest absolute Gasteiger partial charge is 0.294 e. The number of hydrogen-bond acceptors (Lipinski definition) is 1. The maximum Gasteiger partial charge on any atom is 0.167 e. The average Bonchev–Trinajstić information content (AvgIpc) is 2.38. The Labute approximate surface area is 115 Å². The molecular formula is C16H21ClO. The molecule has 1 saturated carbocycles. The van der Waals surface area contributed by atoms with Crippen molar-refractivity contribution >= 4 is 17.4 Å². The highest BCUT2D eigenvalue weighted by Crippen LogP contribution is 2.35. The highest BCUT2D eigenvalue weighted by Gasteiger charge is 2.28. The topological polar surface area (TPSA) is 17.1 Å². The van der Waals surface area contributed by atoms with Gasteiger partial charge in [0.1, 0.15) is 0 Å². The van der Waals surface area contributed by atoms with Gasteiger partial charge in [-0.25, -0.2) is 0 Å². The number of carbonyl (C=O) groups is 1. The van der Waals surface area contributed by atoms with E-state index in [0.29, 0.717) is 10.6 Å². The van der Waals surface area contributed by atoms with E-state index in [0.717, 1.165) is 24.7 Å². The first kappa shape index (κ1) is 13.6. The van der Waals surface area contributed by atoms with Crippen LogP contribution in [0.3, 0.4) is 0 Å². The van der Waals surface area contributed by atoms with Crippen LogP contribution in [0.2, 0.25) is 5.02 Å². The number of ketones is 1. The van der Waals surface area contributed by atoms with E-state index in [9.17, 15) is 4.79 Å². The number of Topliss-reactive ketones (excluding diaryl/α,β-unsaturated/α-hetero) is 1. The summed E-state index contributed by atoms with van der Waals surface area (Å²) in [6.07, 6.45) is 4.40. The zero-order chi connectivity index (χ0) is 13.1. The van der Waals surface area contributed by atoms with Crippen molar-refractivity contribution in [2.45, 2.75) is 39.5 Å². The van der Waals surface area contributed by atoms with E-state index in [1.165, 1.54) is 12.8 Å². The van der Waals surface area contributed by atoms with Gasteiger partial charge in [-0.1, -0.05) is 37.6 Å². The van der Waals surface area contributed by atoms with Gasteiger partial charge in [0.15, 0.2) is 5.78 Å². The Balaban J connectivity index is 2.02. The molecule has 0 spiro atoms. The number of hydrogen-bond donors (Lipinski definition) is 0. The molecule has 1 aromatic carbocycles. The first-order chi connectivity index (χ1) is 8.59. The Bertz CT molecular complexity index is 417. The first-order valence-corrected chi connectivity index (χ1v) is 7.26. The lowest BCUT2D eigenvalue weighted by Gasteiger charge is -2.30. The van der Waals surface area contributed by atoms with Crippen LogP contribution < -0.4 is 0 Å². The van der Waals surface area contributed by atoms with Crippen LogP contribution in [0.1, 0.15) is 49.9 Å². The molecule has 1 aliphatic carbocycles. The van der Waals surface area contributed by atoms with Gasteiger partial charge in [0, 0.05) is 11.5 Å². The molecule has 1 fully saturated rings. The predicted octanol–water partition coefficient (Wildman–Crippen LogP) is 4.99. The van der Waals surface area contributed by atoms with Crippen LogP contribution in [0.5, 0.6) is 0 Å². The second kappa shape index (κ2) is 5.88. The molecule has 98 valence electrons. The van der Waals surface area contributed by atoms with E-state index in [-0.39, 0.29) is 11.7 Å². The summed E-state index contributed by atoms with van der Waals surface area (Å²) in [6.45, 7) is 4.56. The maximum absolute atomic E-state index is 12.4. The fraction of sp³-hybridized carbons (Fsp3) is 0.562. The van der Waals surface area contributed by atoms with Crippen molar-refractivity contribution in [1.82, 2.24) is 0 Å². The third-order valence-corrected chi connectivity index (χ3v) is 4.55. The van der Waals surface area contributed by atoms with E-state index in [1.54, 1.807) is 6.07 Å². The Morgan fingerprint density at radius 2 is 1.78 bits per heavy atom. The quantitative estimate of drug-likeness (QED) is 0.704. The molecule has 0 amide bonds. The third-order valence-electron chi connectivity index (χ3n) is 4.22. The Morgan fingerprint density at radius 1 is 1.17 bits per heavy atom. The Hall–Kier alpha value is -0.820. The number of carbonyl (C=O) groups excluding carboxylic acids is 1. The molecular weight excluding hydrogens is 244 g/mol. The highest BCUT2D eigenvalue weighted by molar-refractivity contribution is 6.34. The zero-order valence-corrected chi connectivity index (χ0v) is 11.9. The van der Waals surface area contributed by atoms with Gasteiger partial charge < -0.3 is 0 Å². The molecule has 0 radical (unpaired) electrons. The summed E-state index contributed by atoms with van der Waals surface area (Å²) in [5, 5.41) is 0.591. The van der Waals surface area contributed by atoms with Crippen molar-refractivity contribution in [2.75, 3.05) is 0 Å². The zero-order valence-electron chi connectivity index (χ0n) is 11.2. The van der Waals surface area contributed by atoms with Crippen LogP contribution in [-0.4, -0.2) is 5.78 Å². The maximum atomic E-state index is 12.4. The second-order valence-corrected chi connectivity index (χ2v) is 6.11. The lowest BCUT2D eigenvalue weighted by Crippen LogP contribution is -2.24. The van der Waals surface area contributed by atoms with Crippen molar-refractivity contribution in [3.05, 3.63) is 34.9 Å². The average molecular weight is 265 g/mol. The van der Waals surface area contributed by atoms with Crippen molar-refractivity contribution < 1.29 is 4.79 Å². The predicted molar refractivity (Wildman–Crippen MR) is 76.1 cm³/mol. The SMILES string of the molecule is CC(C)C1CCC(C(=O)c2ccccc2Cl)CC1. The molecule has 0 saturated heterocycles. The van der Waals surface area contributed by atoms with Gasteiger partial charge in [0.05, 0.1) is 5.02 Å². The van der Waals surface area contributed by atoms with Crippen LogP contribution in [0.15, 0.2) is 24.3 Å². The fourth-order valence-electron chi connectivity index (χ4n) is 2.93. The molecule has 1 aromatic rings. The summed E-state index contributed by atoms with van der Waals surface area (Å²) < 4.78 is 0. The first-order valence-electron chi connectivity index (χ1n) is 6.88. The molecule has 2 rings (SSSR count). The van der Waals surface area contributed by atoms with E-state index in [2.05, 4.69) is 13.8 Å². The third kappa shape index (κ3) is 2.95. The molecule has 0 N–H and O–H groups in total. The number of benzene rings is 1. The standard InChI is InChI=1S/C16H21ClO/c1-11(2)12-7-9-13(10-8-12)16(18)14-5-3-4-6-15(14)17/h3-6,11-13H,7-10H2,1-2H3. The van der Waals surface area contributed by atoms with E-state index < -0.39 is 0 Å². The molecule has 0 aliphatic heterocycles. The normalized spacial score (nSPS) is 24.2. The molecule has 0 bridgehead atoms. The lowest BCUT2D eigenvalue weighted by atomic mass is 9.75. The van der Waals surface area contributed by atoms with E-state index in [1.807, 2.05) is 18.2 Å². The smallest absolute Gasteiger partial charge is 0.167 e. The molecule has 2 heteroatoms. The molecule has 0 unspecified atom stereocenters. The minimum atomic E-state index is 0.180. The molecule has 0 atom stereocenters. The summed E-state index contributed by atoms with van der Waals surface area (Å²) in [6, 6.07) is 7.40. The van der Waals surface area contributed by atoms with Gasteiger partial charge in [-0.15, -0.1) is 0 Å². The molecule has 0 aromatic heterocycles. The van der Waals surface area contributed by atoms with Crippen LogP contribution in [0.4, 0.5) is 0 Å². The highest BCUT2D eigenvalue weighted by atomic mass is 35.5. The second-order valence-electron chi connectivity index (χ2n) is 5.70. The molecule has 0 heterocycles. The lowest BCUT2D eigenvalue weighted by molar-refractivity contribution is 0.0859. The van der Waals surface area contributed by atoms with Crippen LogP contribution in [0.25, 0.3) is 0 Å². The molecule has 1 aliphatic rings. The van der Waals surface area contributed by atoms with Crippen molar-refractivity contribution in [2.24, 2.45) is 17.8 Å². The summed E-state index contributed by atoms with van der Waals surface area (Å²) in [5.74, 6) is 1.95. The number of rotatable bonds is 3. The minimum Gasteiger partial charge on any atom is -0.294 e. The summed E-state index contributed by atoms with van der Waals surface area (Å²) in [4.78, 5) is 12.4.